The molecule has 0 aliphatic heterocycles. The van der Waals surface area contributed by atoms with E-state index in [2.05, 4.69) is 30.1 Å². The summed E-state index contributed by atoms with van der Waals surface area (Å²) in [5, 5.41) is 3.47. The van der Waals surface area contributed by atoms with Gasteiger partial charge in [-0.1, -0.05) is 13.8 Å². The molecule has 1 N–H and O–H groups in total. The van der Waals surface area contributed by atoms with Gasteiger partial charge in [0.2, 0.25) is 0 Å². The summed E-state index contributed by atoms with van der Waals surface area (Å²) in [4.78, 5) is 2.55. The second-order valence-corrected chi connectivity index (χ2v) is 4.85. The maximum Gasteiger partial charge on any atom is 0.117 e. The molecule has 3 nitrogen and oxygen atoms in total. The van der Waals surface area contributed by atoms with Gasteiger partial charge in [0, 0.05) is 6.04 Å². The summed E-state index contributed by atoms with van der Waals surface area (Å²) < 4.78 is 5.44. The van der Waals surface area contributed by atoms with Crippen LogP contribution in [0.2, 0.25) is 0 Å². The van der Waals surface area contributed by atoms with E-state index in [9.17, 15) is 0 Å². The summed E-state index contributed by atoms with van der Waals surface area (Å²) in [5.41, 5.74) is 0. The van der Waals surface area contributed by atoms with Gasteiger partial charge in [-0.15, -0.1) is 0 Å². The number of nitrogens with one attached hydrogen (secondary N) is 1. The Morgan fingerprint density at radius 3 is 2.82 bits per heavy atom. The van der Waals surface area contributed by atoms with Crippen LogP contribution in [-0.2, 0) is 6.54 Å². The third-order valence-electron chi connectivity index (χ3n) is 3.85. The predicted octanol–water partition coefficient (Wildman–Crippen LogP) is 2.49. The topological polar surface area (TPSA) is 28.4 Å². The van der Waals surface area contributed by atoms with Gasteiger partial charge in [0.1, 0.15) is 5.76 Å². The van der Waals surface area contributed by atoms with Crippen LogP contribution < -0.4 is 5.32 Å². The van der Waals surface area contributed by atoms with Crippen molar-refractivity contribution in [2.24, 2.45) is 5.92 Å². The van der Waals surface area contributed by atoms with E-state index in [0.29, 0.717) is 0 Å². The van der Waals surface area contributed by atoms with E-state index in [0.717, 1.165) is 43.9 Å². The van der Waals surface area contributed by atoms with Crippen LogP contribution in [-0.4, -0.2) is 30.6 Å². The highest BCUT2D eigenvalue weighted by Gasteiger charge is 2.34. The minimum absolute atomic E-state index is 0.740. The Labute approximate surface area is 104 Å². The monoisotopic (exact) mass is 236 g/mol. The first kappa shape index (κ1) is 12.7. The van der Waals surface area contributed by atoms with Crippen LogP contribution in [0.3, 0.4) is 0 Å². The molecule has 1 aromatic rings. The lowest BCUT2D eigenvalue weighted by Crippen LogP contribution is -2.50. The number of furan rings is 1. The molecule has 1 fully saturated rings. The maximum absolute atomic E-state index is 5.44. The van der Waals surface area contributed by atoms with E-state index in [1.807, 2.05) is 6.07 Å². The smallest absolute Gasteiger partial charge is 0.117 e. The molecule has 2 atom stereocenters. The molecular formula is C14H24N2O. The van der Waals surface area contributed by atoms with Gasteiger partial charge in [-0.3, -0.25) is 4.90 Å². The SMILES string of the molecule is CCNCC1CCC1N(CC)Cc1ccco1. The molecule has 0 saturated heterocycles. The summed E-state index contributed by atoms with van der Waals surface area (Å²) in [6, 6.07) is 4.78. The Kier molecular flexibility index (Phi) is 4.63. The van der Waals surface area contributed by atoms with E-state index in [-0.39, 0.29) is 0 Å². The molecule has 96 valence electrons. The molecule has 2 rings (SSSR count). The molecule has 3 heteroatoms. The normalized spacial score (nSPS) is 23.9. The third kappa shape index (κ3) is 3.11. The van der Waals surface area contributed by atoms with Gasteiger partial charge in [0.15, 0.2) is 0 Å². The van der Waals surface area contributed by atoms with Gasteiger partial charge < -0.3 is 9.73 Å². The van der Waals surface area contributed by atoms with Crippen LogP contribution in [0.4, 0.5) is 0 Å². The fourth-order valence-corrected chi connectivity index (χ4v) is 2.67. The summed E-state index contributed by atoms with van der Waals surface area (Å²) >= 11 is 0. The molecule has 1 aliphatic rings. The quantitative estimate of drug-likeness (QED) is 0.788. The molecule has 1 aromatic heterocycles. The van der Waals surface area contributed by atoms with E-state index >= 15 is 0 Å². The number of hydrogen-bond donors (Lipinski definition) is 1. The fraction of sp³-hybridized carbons (Fsp3) is 0.714. The molecule has 0 aromatic carbocycles. The first-order valence-corrected chi connectivity index (χ1v) is 6.82. The van der Waals surface area contributed by atoms with Crippen LogP contribution >= 0.6 is 0 Å². The van der Waals surface area contributed by atoms with Crippen molar-refractivity contribution >= 4 is 0 Å². The highest BCUT2D eigenvalue weighted by atomic mass is 16.3. The summed E-state index contributed by atoms with van der Waals surface area (Å²) in [6.45, 7) is 8.72. The van der Waals surface area contributed by atoms with Gasteiger partial charge in [-0.2, -0.15) is 0 Å². The van der Waals surface area contributed by atoms with Crippen molar-refractivity contribution in [1.29, 1.82) is 0 Å². The van der Waals surface area contributed by atoms with Crippen molar-refractivity contribution in [3.05, 3.63) is 24.2 Å². The molecule has 17 heavy (non-hydrogen) atoms. The Bertz CT molecular complexity index is 310. The maximum atomic E-state index is 5.44. The minimum Gasteiger partial charge on any atom is -0.468 e. The van der Waals surface area contributed by atoms with Crippen LogP contribution in [0.5, 0.6) is 0 Å². The summed E-state index contributed by atoms with van der Waals surface area (Å²) in [5.74, 6) is 1.91. The lowest BCUT2D eigenvalue weighted by molar-refractivity contribution is 0.0549. The predicted molar refractivity (Wildman–Crippen MR) is 69.8 cm³/mol. The summed E-state index contributed by atoms with van der Waals surface area (Å²) in [6.07, 6.45) is 4.47. The zero-order valence-corrected chi connectivity index (χ0v) is 11.0. The Morgan fingerprint density at radius 1 is 1.41 bits per heavy atom. The van der Waals surface area contributed by atoms with Crippen molar-refractivity contribution in [2.75, 3.05) is 19.6 Å². The van der Waals surface area contributed by atoms with Gasteiger partial charge in [0.05, 0.1) is 12.8 Å². The van der Waals surface area contributed by atoms with Gasteiger partial charge in [-0.05, 0) is 50.5 Å². The van der Waals surface area contributed by atoms with E-state index in [1.165, 1.54) is 12.8 Å². The Hall–Kier alpha value is -0.800. The molecule has 1 saturated carbocycles. The molecule has 0 bridgehead atoms. The van der Waals surface area contributed by atoms with Crippen LogP contribution in [0.1, 0.15) is 32.4 Å². The highest BCUT2D eigenvalue weighted by Crippen LogP contribution is 2.32. The molecule has 1 aliphatic carbocycles. The Morgan fingerprint density at radius 2 is 2.29 bits per heavy atom. The lowest BCUT2D eigenvalue weighted by Gasteiger charge is -2.44. The first-order valence-electron chi connectivity index (χ1n) is 6.82. The van der Waals surface area contributed by atoms with Gasteiger partial charge in [0.25, 0.3) is 0 Å². The van der Waals surface area contributed by atoms with E-state index in [4.69, 9.17) is 4.42 Å². The number of nitrogens with zero attached hydrogens (tertiary/aromatic N) is 1. The zero-order valence-electron chi connectivity index (χ0n) is 11.0. The van der Waals surface area contributed by atoms with Crippen molar-refractivity contribution < 1.29 is 4.42 Å². The molecular weight excluding hydrogens is 212 g/mol. The van der Waals surface area contributed by atoms with E-state index in [1.54, 1.807) is 6.26 Å². The van der Waals surface area contributed by atoms with Crippen LogP contribution in [0.15, 0.2) is 22.8 Å². The molecule has 1 heterocycles. The summed E-state index contributed by atoms with van der Waals surface area (Å²) in [7, 11) is 0. The Balaban J connectivity index is 1.85. The zero-order chi connectivity index (χ0) is 12.1. The molecule has 0 amide bonds. The average molecular weight is 236 g/mol. The largest absolute Gasteiger partial charge is 0.468 e. The fourth-order valence-electron chi connectivity index (χ4n) is 2.67. The van der Waals surface area contributed by atoms with Crippen molar-refractivity contribution in [3.63, 3.8) is 0 Å². The number of hydrogen-bond acceptors (Lipinski definition) is 3. The van der Waals surface area contributed by atoms with Crippen molar-refractivity contribution in [2.45, 2.75) is 39.3 Å². The lowest BCUT2D eigenvalue weighted by atomic mass is 9.78. The van der Waals surface area contributed by atoms with Gasteiger partial charge >= 0.3 is 0 Å². The highest BCUT2D eigenvalue weighted by molar-refractivity contribution is 5.00. The van der Waals surface area contributed by atoms with Crippen molar-refractivity contribution in [3.8, 4) is 0 Å². The molecule has 2 unspecified atom stereocenters. The van der Waals surface area contributed by atoms with Crippen LogP contribution in [0, 0.1) is 5.92 Å². The second kappa shape index (κ2) is 6.22. The molecule has 0 radical (unpaired) electrons. The standard InChI is InChI=1S/C14H24N2O/c1-3-15-10-12-7-8-14(12)16(4-2)11-13-6-5-9-17-13/h5-6,9,12,14-15H,3-4,7-8,10-11H2,1-2H3. The average Bonchev–Trinajstić information content (AvgIpc) is 2.80. The minimum atomic E-state index is 0.740. The van der Waals surface area contributed by atoms with E-state index < -0.39 is 0 Å². The first-order chi connectivity index (χ1) is 8.35. The number of rotatable bonds is 7. The second-order valence-electron chi connectivity index (χ2n) is 4.85. The van der Waals surface area contributed by atoms with Crippen molar-refractivity contribution in [1.82, 2.24) is 10.2 Å². The molecule has 0 spiro atoms. The third-order valence-corrected chi connectivity index (χ3v) is 3.85. The van der Waals surface area contributed by atoms with Crippen LogP contribution in [0.25, 0.3) is 0 Å². The van der Waals surface area contributed by atoms with Gasteiger partial charge in [-0.25, -0.2) is 0 Å².